The molecule has 1 aliphatic rings. The standard InChI is InChI=1S/C15H20N2OS2/c16-14(19)13(9-11-5-2-1-3-6-11)15(18)17-10-12-7-4-8-20-12/h1-3,5-6,12-13H,4,7-10H2,(H2,16,19)(H,17,18). The minimum Gasteiger partial charge on any atom is -0.393 e. The maximum Gasteiger partial charge on any atom is 0.230 e. The van der Waals surface area contributed by atoms with Crippen molar-refractivity contribution in [1.82, 2.24) is 5.32 Å². The van der Waals surface area contributed by atoms with Gasteiger partial charge in [0.2, 0.25) is 5.91 Å². The molecule has 1 aliphatic heterocycles. The molecule has 1 amide bonds. The van der Waals surface area contributed by atoms with Crippen LogP contribution in [0.5, 0.6) is 0 Å². The Morgan fingerprint density at radius 2 is 2.20 bits per heavy atom. The summed E-state index contributed by atoms with van der Waals surface area (Å²) < 4.78 is 0. The molecule has 1 saturated heterocycles. The molecule has 1 aromatic carbocycles. The van der Waals surface area contributed by atoms with Crippen molar-refractivity contribution < 1.29 is 4.79 Å². The van der Waals surface area contributed by atoms with Gasteiger partial charge in [-0.2, -0.15) is 11.8 Å². The molecule has 20 heavy (non-hydrogen) atoms. The van der Waals surface area contributed by atoms with Crippen LogP contribution in [0.1, 0.15) is 18.4 Å². The topological polar surface area (TPSA) is 55.1 Å². The first-order chi connectivity index (χ1) is 9.66. The normalized spacial score (nSPS) is 19.5. The maximum absolute atomic E-state index is 12.3. The molecule has 0 bridgehead atoms. The highest BCUT2D eigenvalue weighted by atomic mass is 32.2. The molecular weight excluding hydrogens is 288 g/mol. The van der Waals surface area contributed by atoms with Gasteiger partial charge in [-0.3, -0.25) is 4.79 Å². The Kier molecular flexibility index (Phi) is 5.86. The van der Waals surface area contributed by atoms with Crippen LogP contribution in [0.3, 0.4) is 0 Å². The van der Waals surface area contributed by atoms with Crippen molar-refractivity contribution >= 4 is 34.9 Å². The number of carbonyl (C=O) groups excluding carboxylic acids is 1. The van der Waals surface area contributed by atoms with E-state index in [1.807, 2.05) is 42.1 Å². The molecule has 3 nitrogen and oxygen atoms in total. The van der Waals surface area contributed by atoms with Gasteiger partial charge in [0.1, 0.15) is 0 Å². The number of thiocarbonyl (C=S) groups is 1. The van der Waals surface area contributed by atoms with E-state index in [4.69, 9.17) is 18.0 Å². The van der Waals surface area contributed by atoms with E-state index in [9.17, 15) is 4.79 Å². The fourth-order valence-corrected chi connectivity index (χ4v) is 3.71. The Hall–Kier alpha value is -1.07. The molecule has 0 aliphatic carbocycles. The van der Waals surface area contributed by atoms with Crippen LogP contribution in [-0.2, 0) is 11.2 Å². The summed E-state index contributed by atoms with van der Waals surface area (Å²) >= 11 is 6.98. The molecule has 0 radical (unpaired) electrons. The number of benzene rings is 1. The van der Waals surface area contributed by atoms with E-state index in [0.717, 1.165) is 12.1 Å². The van der Waals surface area contributed by atoms with Crippen molar-refractivity contribution in [2.75, 3.05) is 12.3 Å². The first kappa shape index (κ1) is 15.3. The van der Waals surface area contributed by atoms with Crippen molar-refractivity contribution in [2.24, 2.45) is 11.7 Å². The van der Waals surface area contributed by atoms with Gasteiger partial charge in [-0.25, -0.2) is 0 Å². The summed E-state index contributed by atoms with van der Waals surface area (Å²) in [4.78, 5) is 12.5. The zero-order valence-corrected chi connectivity index (χ0v) is 13.0. The van der Waals surface area contributed by atoms with E-state index < -0.39 is 5.92 Å². The Labute approximate surface area is 129 Å². The molecular formula is C15H20N2OS2. The SMILES string of the molecule is NC(=S)C(Cc1ccccc1)C(=O)NCC1CCCS1. The molecule has 2 unspecified atom stereocenters. The van der Waals surface area contributed by atoms with E-state index in [0.29, 0.717) is 11.7 Å². The average Bonchev–Trinajstić information content (AvgIpc) is 2.96. The first-order valence-corrected chi connectivity index (χ1v) is 8.35. The second-order valence-electron chi connectivity index (χ2n) is 5.02. The van der Waals surface area contributed by atoms with E-state index in [-0.39, 0.29) is 10.9 Å². The van der Waals surface area contributed by atoms with Gasteiger partial charge in [0, 0.05) is 11.8 Å². The number of amides is 1. The molecule has 0 saturated carbocycles. The highest BCUT2D eigenvalue weighted by Gasteiger charge is 2.23. The Bertz CT molecular complexity index is 458. The van der Waals surface area contributed by atoms with Crippen molar-refractivity contribution in [3.8, 4) is 0 Å². The summed E-state index contributed by atoms with van der Waals surface area (Å²) in [6.07, 6.45) is 3.00. The monoisotopic (exact) mass is 308 g/mol. The lowest BCUT2D eigenvalue weighted by Crippen LogP contribution is -2.41. The highest BCUT2D eigenvalue weighted by Crippen LogP contribution is 2.25. The van der Waals surface area contributed by atoms with Gasteiger partial charge in [-0.05, 0) is 30.6 Å². The van der Waals surface area contributed by atoms with Crippen molar-refractivity contribution in [1.29, 1.82) is 0 Å². The van der Waals surface area contributed by atoms with Gasteiger partial charge in [0.15, 0.2) is 0 Å². The number of hydrogen-bond acceptors (Lipinski definition) is 3. The van der Waals surface area contributed by atoms with Crippen LogP contribution in [0.2, 0.25) is 0 Å². The molecule has 0 aromatic heterocycles. The number of thioether (sulfide) groups is 1. The molecule has 1 heterocycles. The van der Waals surface area contributed by atoms with E-state index in [1.165, 1.54) is 18.6 Å². The number of nitrogens with two attached hydrogens (primary N) is 1. The summed E-state index contributed by atoms with van der Waals surface area (Å²) in [5.41, 5.74) is 6.81. The third-order valence-electron chi connectivity index (χ3n) is 3.47. The van der Waals surface area contributed by atoms with Crippen molar-refractivity contribution in [3.05, 3.63) is 35.9 Å². The van der Waals surface area contributed by atoms with Gasteiger partial charge in [0.05, 0.1) is 10.9 Å². The molecule has 2 rings (SSSR count). The van der Waals surface area contributed by atoms with Crippen LogP contribution < -0.4 is 11.1 Å². The van der Waals surface area contributed by atoms with Crippen LogP contribution in [0.4, 0.5) is 0 Å². The summed E-state index contributed by atoms with van der Waals surface area (Å²) in [6.45, 7) is 0.720. The molecule has 2 atom stereocenters. The van der Waals surface area contributed by atoms with E-state index in [1.54, 1.807) is 0 Å². The quantitative estimate of drug-likeness (QED) is 0.791. The maximum atomic E-state index is 12.3. The lowest BCUT2D eigenvalue weighted by atomic mass is 9.98. The lowest BCUT2D eigenvalue weighted by Gasteiger charge is -2.17. The fourth-order valence-electron chi connectivity index (χ4n) is 2.32. The third kappa shape index (κ3) is 4.49. The molecule has 3 N–H and O–H groups in total. The third-order valence-corrected chi connectivity index (χ3v) is 5.15. The first-order valence-electron chi connectivity index (χ1n) is 6.89. The number of rotatable bonds is 6. The predicted octanol–water partition coefficient (Wildman–Crippen LogP) is 2.14. The van der Waals surface area contributed by atoms with Gasteiger partial charge >= 0.3 is 0 Å². The second kappa shape index (κ2) is 7.64. The van der Waals surface area contributed by atoms with E-state index >= 15 is 0 Å². The summed E-state index contributed by atoms with van der Waals surface area (Å²) in [6, 6.07) is 9.85. The largest absolute Gasteiger partial charge is 0.393 e. The minimum atomic E-state index is -0.418. The minimum absolute atomic E-state index is 0.0474. The molecule has 1 fully saturated rings. The Balaban J connectivity index is 1.90. The van der Waals surface area contributed by atoms with Crippen LogP contribution in [0.25, 0.3) is 0 Å². The van der Waals surface area contributed by atoms with Gasteiger partial charge in [0.25, 0.3) is 0 Å². The van der Waals surface area contributed by atoms with Crippen LogP contribution in [-0.4, -0.2) is 28.4 Å². The second-order valence-corrected chi connectivity index (χ2v) is 6.90. The molecule has 0 spiro atoms. The summed E-state index contributed by atoms with van der Waals surface area (Å²) in [5, 5.41) is 3.54. The number of hydrogen-bond donors (Lipinski definition) is 2. The van der Waals surface area contributed by atoms with Crippen molar-refractivity contribution in [3.63, 3.8) is 0 Å². The highest BCUT2D eigenvalue weighted by molar-refractivity contribution is 8.00. The average molecular weight is 308 g/mol. The molecule has 5 heteroatoms. The van der Waals surface area contributed by atoms with E-state index in [2.05, 4.69) is 5.32 Å². The Morgan fingerprint density at radius 3 is 2.80 bits per heavy atom. The number of nitrogens with one attached hydrogen (secondary N) is 1. The van der Waals surface area contributed by atoms with Crippen molar-refractivity contribution in [2.45, 2.75) is 24.5 Å². The zero-order valence-electron chi connectivity index (χ0n) is 11.4. The predicted molar refractivity (Wildman–Crippen MR) is 88.9 cm³/mol. The van der Waals surface area contributed by atoms with Gasteiger partial charge < -0.3 is 11.1 Å². The van der Waals surface area contributed by atoms with Crippen LogP contribution in [0, 0.1) is 5.92 Å². The Morgan fingerprint density at radius 1 is 1.45 bits per heavy atom. The lowest BCUT2D eigenvalue weighted by molar-refractivity contribution is -0.122. The van der Waals surface area contributed by atoms with Gasteiger partial charge in [-0.1, -0.05) is 42.5 Å². The van der Waals surface area contributed by atoms with Crippen LogP contribution >= 0.6 is 24.0 Å². The summed E-state index contributed by atoms with van der Waals surface area (Å²) in [7, 11) is 0. The molecule has 108 valence electrons. The zero-order chi connectivity index (χ0) is 14.4. The summed E-state index contributed by atoms with van der Waals surface area (Å²) in [5.74, 6) is 0.733. The van der Waals surface area contributed by atoms with Crippen LogP contribution in [0.15, 0.2) is 30.3 Å². The fraction of sp³-hybridized carbons (Fsp3) is 0.467. The van der Waals surface area contributed by atoms with Gasteiger partial charge in [-0.15, -0.1) is 0 Å². The molecule has 1 aromatic rings. The smallest absolute Gasteiger partial charge is 0.230 e. The number of carbonyl (C=O) groups is 1.